The minimum absolute atomic E-state index is 0.164. The summed E-state index contributed by atoms with van der Waals surface area (Å²) >= 11 is 7.51. The summed E-state index contributed by atoms with van der Waals surface area (Å²) in [6.07, 6.45) is 0.897. The molecule has 2 aromatic rings. The first kappa shape index (κ1) is 13.5. The second-order valence-corrected chi connectivity index (χ2v) is 5.80. The van der Waals surface area contributed by atoms with Crippen molar-refractivity contribution in [3.8, 4) is 0 Å². The molecule has 1 N–H and O–H groups in total. The number of thiophene rings is 1. The molecule has 1 atom stereocenters. The van der Waals surface area contributed by atoms with E-state index in [4.69, 9.17) is 11.6 Å². The van der Waals surface area contributed by atoms with Crippen molar-refractivity contribution < 1.29 is 0 Å². The van der Waals surface area contributed by atoms with E-state index in [2.05, 4.69) is 34.7 Å². The lowest BCUT2D eigenvalue weighted by Crippen LogP contribution is -2.22. The molecule has 0 bridgehead atoms. The molecule has 0 aliphatic heterocycles. The third-order valence-electron chi connectivity index (χ3n) is 2.66. The van der Waals surface area contributed by atoms with Gasteiger partial charge in [0.15, 0.2) is 5.82 Å². The first-order valence-corrected chi connectivity index (χ1v) is 7.13. The highest BCUT2D eigenvalue weighted by Gasteiger charge is 2.13. The molecule has 0 fully saturated rings. The van der Waals surface area contributed by atoms with Crippen molar-refractivity contribution in [2.75, 3.05) is 6.54 Å². The zero-order valence-corrected chi connectivity index (χ0v) is 12.0. The number of nitrogens with one attached hydrogen (secondary N) is 1. The van der Waals surface area contributed by atoms with Gasteiger partial charge in [-0.1, -0.05) is 18.5 Å². The maximum Gasteiger partial charge on any atom is 0.167 e. The summed E-state index contributed by atoms with van der Waals surface area (Å²) in [6, 6.07) is 4.13. The second-order valence-electron chi connectivity index (χ2n) is 4.00. The van der Waals surface area contributed by atoms with Crippen LogP contribution < -0.4 is 5.32 Å². The van der Waals surface area contributed by atoms with Gasteiger partial charge in [0, 0.05) is 17.8 Å². The maximum atomic E-state index is 5.91. The molecule has 2 rings (SSSR count). The summed E-state index contributed by atoms with van der Waals surface area (Å²) in [4.78, 5) is 1.25. The average molecular weight is 286 g/mol. The molecule has 0 aromatic carbocycles. The van der Waals surface area contributed by atoms with Crippen LogP contribution in [0.2, 0.25) is 4.34 Å². The first-order valence-electron chi connectivity index (χ1n) is 5.94. The van der Waals surface area contributed by atoms with Crippen LogP contribution in [0.25, 0.3) is 0 Å². The molecule has 0 aliphatic carbocycles. The summed E-state index contributed by atoms with van der Waals surface area (Å²) in [6.45, 7) is 5.80. The lowest BCUT2D eigenvalue weighted by atomic mass is 10.3. The molecule has 0 saturated heterocycles. The highest BCUT2D eigenvalue weighted by molar-refractivity contribution is 7.16. The van der Waals surface area contributed by atoms with Gasteiger partial charge in [-0.2, -0.15) is 0 Å². The molecule has 1 unspecified atom stereocenters. The normalized spacial score (nSPS) is 12.8. The monoisotopic (exact) mass is 285 g/mol. The van der Waals surface area contributed by atoms with E-state index >= 15 is 0 Å². The fourth-order valence-corrected chi connectivity index (χ4v) is 2.86. The van der Waals surface area contributed by atoms with Gasteiger partial charge in [0.25, 0.3) is 0 Å². The third kappa shape index (κ3) is 3.28. The van der Waals surface area contributed by atoms with Crippen molar-refractivity contribution in [1.29, 1.82) is 0 Å². The molecule has 5 nitrogen and oxygen atoms in total. The van der Waals surface area contributed by atoms with E-state index < -0.39 is 0 Å². The predicted octanol–water partition coefficient (Wildman–Crippen LogP) is 2.30. The smallest absolute Gasteiger partial charge is 0.167 e. The molecule has 0 amide bonds. The SMILES string of the molecule is CCNC(C)c1nnnn1CCc1ccc(Cl)s1. The van der Waals surface area contributed by atoms with E-state index in [1.54, 1.807) is 11.3 Å². The van der Waals surface area contributed by atoms with Crippen LogP contribution in [-0.2, 0) is 13.0 Å². The van der Waals surface area contributed by atoms with E-state index in [0.717, 1.165) is 29.7 Å². The summed E-state index contributed by atoms with van der Waals surface area (Å²) in [5.74, 6) is 0.875. The molecule has 7 heteroatoms. The van der Waals surface area contributed by atoms with Crippen LogP contribution in [0.15, 0.2) is 12.1 Å². The Hall–Kier alpha value is -0.980. The van der Waals surface area contributed by atoms with Crippen molar-refractivity contribution in [2.24, 2.45) is 0 Å². The molecule has 0 spiro atoms. The molecule has 18 heavy (non-hydrogen) atoms. The van der Waals surface area contributed by atoms with Gasteiger partial charge in [0.05, 0.1) is 10.4 Å². The Bertz CT molecular complexity index is 495. The van der Waals surface area contributed by atoms with Gasteiger partial charge in [-0.3, -0.25) is 0 Å². The summed E-state index contributed by atoms with van der Waals surface area (Å²) in [5.41, 5.74) is 0. The Balaban J connectivity index is 1.99. The van der Waals surface area contributed by atoms with Gasteiger partial charge in [-0.25, -0.2) is 4.68 Å². The van der Waals surface area contributed by atoms with Crippen LogP contribution in [0, 0.1) is 0 Å². The summed E-state index contributed by atoms with van der Waals surface area (Å²) < 4.78 is 2.67. The number of hydrogen-bond donors (Lipinski definition) is 1. The van der Waals surface area contributed by atoms with E-state index in [1.165, 1.54) is 4.88 Å². The number of aromatic nitrogens is 4. The Kier molecular flexibility index (Phi) is 4.68. The quantitative estimate of drug-likeness (QED) is 0.885. The Morgan fingerprint density at radius 2 is 2.33 bits per heavy atom. The molecule has 98 valence electrons. The largest absolute Gasteiger partial charge is 0.308 e. The van der Waals surface area contributed by atoms with Gasteiger partial charge in [0.2, 0.25) is 0 Å². The highest BCUT2D eigenvalue weighted by Crippen LogP contribution is 2.22. The fraction of sp³-hybridized carbons (Fsp3) is 0.545. The molecule has 0 saturated carbocycles. The minimum atomic E-state index is 0.164. The summed E-state index contributed by atoms with van der Waals surface area (Å²) in [7, 11) is 0. The van der Waals surface area contributed by atoms with E-state index in [9.17, 15) is 0 Å². The van der Waals surface area contributed by atoms with E-state index in [-0.39, 0.29) is 6.04 Å². The first-order chi connectivity index (χ1) is 8.70. The highest BCUT2D eigenvalue weighted by atomic mass is 35.5. The van der Waals surface area contributed by atoms with Crippen LogP contribution in [0.1, 0.15) is 30.6 Å². The van der Waals surface area contributed by atoms with Gasteiger partial charge in [0.1, 0.15) is 0 Å². The van der Waals surface area contributed by atoms with Crippen LogP contribution in [0.4, 0.5) is 0 Å². The van der Waals surface area contributed by atoms with Gasteiger partial charge in [-0.05, 0) is 36.0 Å². The number of aryl methyl sites for hydroxylation is 2. The number of tetrazole rings is 1. The number of nitrogens with zero attached hydrogens (tertiary/aromatic N) is 4. The Morgan fingerprint density at radius 3 is 3.00 bits per heavy atom. The third-order valence-corrected chi connectivity index (χ3v) is 3.95. The predicted molar refractivity (Wildman–Crippen MR) is 72.9 cm³/mol. The molecule has 2 aromatic heterocycles. The average Bonchev–Trinajstić information content (AvgIpc) is 2.95. The summed E-state index contributed by atoms with van der Waals surface area (Å²) in [5, 5.41) is 15.1. The van der Waals surface area contributed by atoms with Crippen molar-refractivity contribution >= 4 is 22.9 Å². The lowest BCUT2D eigenvalue weighted by Gasteiger charge is -2.11. The number of hydrogen-bond acceptors (Lipinski definition) is 5. The fourth-order valence-electron chi connectivity index (χ4n) is 1.78. The van der Waals surface area contributed by atoms with Gasteiger partial charge in [-0.15, -0.1) is 16.4 Å². The number of halogens is 1. The number of rotatable bonds is 6. The molecule has 0 aliphatic rings. The maximum absolute atomic E-state index is 5.91. The van der Waals surface area contributed by atoms with Crippen LogP contribution in [-0.4, -0.2) is 26.8 Å². The Labute approximate surface area is 115 Å². The molecular formula is C11H16ClN5S. The minimum Gasteiger partial charge on any atom is -0.308 e. The molecular weight excluding hydrogens is 270 g/mol. The van der Waals surface area contributed by atoms with Crippen molar-refractivity contribution in [1.82, 2.24) is 25.5 Å². The van der Waals surface area contributed by atoms with Crippen LogP contribution in [0.5, 0.6) is 0 Å². The van der Waals surface area contributed by atoms with Crippen molar-refractivity contribution in [2.45, 2.75) is 32.9 Å². The van der Waals surface area contributed by atoms with E-state index in [0.29, 0.717) is 0 Å². The second kappa shape index (κ2) is 6.26. The zero-order chi connectivity index (χ0) is 13.0. The van der Waals surface area contributed by atoms with Gasteiger partial charge < -0.3 is 5.32 Å². The molecule has 2 heterocycles. The Morgan fingerprint density at radius 1 is 1.50 bits per heavy atom. The van der Waals surface area contributed by atoms with Crippen molar-refractivity contribution in [3.63, 3.8) is 0 Å². The van der Waals surface area contributed by atoms with Crippen LogP contribution >= 0.6 is 22.9 Å². The zero-order valence-electron chi connectivity index (χ0n) is 10.4. The van der Waals surface area contributed by atoms with Gasteiger partial charge >= 0.3 is 0 Å². The topological polar surface area (TPSA) is 55.6 Å². The van der Waals surface area contributed by atoms with Crippen molar-refractivity contribution in [3.05, 3.63) is 27.2 Å². The van der Waals surface area contributed by atoms with E-state index in [1.807, 2.05) is 16.8 Å². The standard InChI is InChI=1S/C11H16ClN5S/c1-3-13-8(2)11-14-15-16-17(11)7-6-9-4-5-10(12)18-9/h4-5,8,13H,3,6-7H2,1-2H3. The van der Waals surface area contributed by atoms with Crippen LogP contribution in [0.3, 0.4) is 0 Å². The molecule has 0 radical (unpaired) electrons. The lowest BCUT2D eigenvalue weighted by molar-refractivity contribution is 0.496.